The van der Waals surface area contributed by atoms with Crippen molar-refractivity contribution in [3.63, 3.8) is 0 Å². The molecule has 0 aliphatic carbocycles. The summed E-state index contributed by atoms with van der Waals surface area (Å²) in [6.07, 6.45) is 0.407. The summed E-state index contributed by atoms with van der Waals surface area (Å²) in [5.41, 5.74) is 0.499. The summed E-state index contributed by atoms with van der Waals surface area (Å²) in [7, 11) is 0. The van der Waals surface area contributed by atoms with Gasteiger partial charge in [-0.25, -0.2) is 4.39 Å². The molecule has 1 aromatic carbocycles. The Hall–Kier alpha value is -0.980. The summed E-state index contributed by atoms with van der Waals surface area (Å²) < 4.78 is 13.6. The molecule has 0 N–H and O–H groups in total. The number of amides is 1. The van der Waals surface area contributed by atoms with Gasteiger partial charge in [0, 0.05) is 29.0 Å². The first-order chi connectivity index (χ1) is 8.49. The predicted octanol–water partition coefficient (Wildman–Crippen LogP) is 2.48. The molecule has 3 nitrogen and oxygen atoms in total. The van der Waals surface area contributed by atoms with Gasteiger partial charge in [-0.05, 0) is 40.8 Å². The molecular weight excluding hydrogens is 348 g/mol. The lowest BCUT2D eigenvalue weighted by Crippen LogP contribution is -2.43. The third kappa shape index (κ3) is 2.71. The third-order valence-corrected chi connectivity index (χ3v) is 4.01. The van der Waals surface area contributed by atoms with Gasteiger partial charge in [0.2, 0.25) is 0 Å². The molecule has 1 atom stereocenters. The van der Waals surface area contributed by atoms with Gasteiger partial charge in [-0.15, -0.1) is 0 Å². The quantitative estimate of drug-likeness (QED) is 0.721. The zero-order valence-corrected chi connectivity index (χ0v) is 12.1. The van der Waals surface area contributed by atoms with Crippen molar-refractivity contribution in [2.45, 2.75) is 13.3 Å². The summed E-state index contributed by atoms with van der Waals surface area (Å²) in [6.45, 7) is 2.73. The van der Waals surface area contributed by atoms with E-state index in [2.05, 4.69) is 0 Å². The number of piperidine rings is 1. The van der Waals surface area contributed by atoms with Crippen LogP contribution in [0.4, 0.5) is 4.39 Å². The fraction of sp³-hybridized carbons (Fsp3) is 0.385. The van der Waals surface area contributed by atoms with Gasteiger partial charge in [0.25, 0.3) is 5.91 Å². The Bertz CT molecular complexity index is 504. The number of Topliss-reactive ketones (excluding diaryl/α,β-unsaturated/α-hetero) is 1. The minimum atomic E-state index is -0.349. The molecule has 1 unspecified atom stereocenters. The standard InChI is InChI=1S/C13H13FINO2/c1-8-7-16(5-4-12(8)17)13(18)10-3-2-9(14)6-11(10)15/h2-3,6,8H,4-5,7H2,1H3. The van der Waals surface area contributed by atoms with E-state index >= 15 is 0 Å². The zero-order valence-electron chi connectivity index (χ0n) is 9.95. The van der Waals surface area contributed by atoms with Crippen LogP contribution in [0.5, 0.6) is 0 Å². The minimum absolute atomic E-state index is 0.110. The zero-order chi connectivity index (χ0) is 13.3. The summed E-state index contributed by atoms with van der Waals surface area (Å²) >= 11 is 1.95. The highest BCUT2D eigenvalue weighted by Crippen LogP contribution is 2.19. The van der Waals surface area contributed by atoms with Crippen LogP contribution in [0.25, 0.3) is 0 Å². The van der Waals surface area contributed by atoms with Crippen LogP contribution in [0.3, 0.4) is 0 Å². The monoisotopic (exact) mass is 361 g/mol. The molecule has 1 amide bonds. The van der Waals surface area contributed by atoms with Crippen LogP contribution in [0.1, 0.15) is 23.7 Å². The summed E-state index contributed by atoms with van der Waals surface area (Å²) in [5, 5.41) is 0. The predicted molar refractivity (Wildman–Crippen MR) is 73.8 cm³/mol. The largest absolute Gasteiger partial charge is 0.337 e. The molecule has 0 aromatic heterocycles. The number of ketones is 1. The molecule has 0 radical (unpaired) electrons. The molecule has 18 heavy (non-hydrogen) atoms. The van der Waals surface area contributed by atoms with Crippen molar-refractivity contribution in [3.8, 4) is 0 Å². The number of hydrogen-bond acceptors (Lipinski definition) is 2. The highest BCUT2D eigenvalue weighted by molar-refractivity contribution is 14.1. The van der Waals surface area contributed by atoms with E-state index in [4.69, 9.17) is 0 Å². The van der Waals surface area contributed by atoms with Gasteiger partial charge in [-0.1, -0.05) is 6.92 Å². The van der Waals surface area contributed by atoms with Crippen molar-refractivity contribution in [1.82, 2.24) is 4.90 Å². The average molecular weight is 361 g/mol. The molecule has 5 heteroatoms. The maximum atomic E-state index is 13.0. The van der Waals surface area contributed by atoms with E-state index in [-0.39, 0.29) is 23.4 Å². The van der Waals surface area contributed by atoms with Gasteiger partial charge in [0.15, 0.2) is 0 Å². The van der Waals surface area contributed by atoms with Crippen molar-refractivity contribution in [1.29, 1.82) is 0 Å². The van der Waals surface area contributed by atoms with Gasteiger partial charge in [-0.2, -0.15) is 0 Å². The molecule has 96 valence electrons. The first-order valence-corrected chi connectivity index (χ1v) is 6.84. The van der Waals surface area contributed by atoms with Crippen molar-refractivity contribution in [2.75, 3.05) is 13.1 Å². The van der Waals surface area contributed by atoms with E-state index in [1.54, 1.807) is 4.90 Å². The van der Waals surface area contributed by atoms with Gasteiger partial charge >= 0.3 is 0 Å². The Balaban J connectivity index is 2.19. The number of nitrogens with zero attached hydrogens (tertiary/aromatic N) is 1. The normalized spacial score (nSPS) is 20.1. The van der Waals surface area contributed by atoms with Crippen molar-refractivity contribution in [3.05, 3.63) is 33.1 Å². The lowest BCUT2D eigenvalue weighted by atomic mass is 9.98. The van der Waals surface area contributed by atoms with E-state index in [9.17, 15) is 14.0 Å². The molecule has 0 spiro atoms. The van der Waals surface area contributed by atoms with Gasteiger partial charge in [0.1, 0.15) is 11.6 Å². The number of rotatable bonds is 1. The van der Waals surface area contributed by atoms with Crippen molar-refractivity contribution < 1.29 is 14.0 Å². The molecular formula is C13H13FINO2. The summed E-state index contributed by atoms with van der Waals surface area (Å²) in [4.78, 5) is 25.4. The van der Waals surface area contributed by atoms with E-state index in [0.29, 0.717) is 28.6 Å². The Labute approximate surface area is 118 Å². The maximum Gasteiger partial charge on any atom is 0.254 e. The Kier molecular flexibility index (Phi) is 3.99. The van der Waals surface area contributed by atoms with Gasteiger partial charge in [0.05, 0.1) is 5.56 Å². The van der Waals surface area contributed by atoms with Crippen LogP contribution in [0.2, 0.25) is 0 Å². The van der Waals surface area contributed by atoms with Crippen molar-refractivity contribution >= 4 is 34.3 Å². The highest BCUT2D eigenvalue weighted by atomic mass is 127. The van der Waals surface area contributed by atoms with E-state index in [1.165, 1.54) is 18.2 Å². The fourth-order valence-electron chi connectivity index (χ4n) is 2.03. The SMILES string of the molecule is CC1CN(C(=O)c2ccc(F)cc2I)CCC1=O. The smallest absolute Gasteiger partial charge is 0.254 e. The molecule has 1 aromatic rings. The second-order valence-corrected chi connectivity index (χ2v) is 5.65. The lowest BCUT2D eigenvalue weighted by molar-refractivity contribution is -0.124. The number of halogens is 2. The van der Waals surface area contributed by atoms with Crippen LogP contribution < -0.4 is 0 Å². The molecule has 1 aliphatic heterocycles. The fourth-order valence-corrected chi connectivity index (χ4v) is 2.74. The van der Waals surface area contributed by atoms with E-state index in [0.717, 1.165) is 0 Å². The Morgan fingerprint density at radius 2 is 2.22 bits per heavy atom. The van der Waals surface area contributed by atoms with Crippen LogP contribution in [0.15, 0.2) is 18.2 Å². The average Bonchev–Trinajstić information content (AvgIpc) is 2.32. The first-order valence-electron chi connectivity index (χ1n) is 5.76. The molecule has 0 bridgehead atoms. The van der Waals surface area contributed by atoms with Gasteiger partial charge in [-0.3, -0.25) is 9.59 Å². The van der Waals surface area contributed by atoms with Gasteiger partial charge < -0.3 is 4.90 Å². The third-order valence-electron chi connectivity index (χ3n) is 3.12. The number of carbonyl (C=O) groups excluding carboxylic acids is 2. The lowest BCUT2D eigenvalue weighted by Gasteiger charge is -2.30. The molecule has 1 aliphatic rings. The highest BCUT2D eigenvalue weighted by Gasteiger charge is 2.28. The number of likely N-dealkylation sites (tertiary alicyclic amines) is 1. The molecule has 1 fully saturated rings. The number of carbonyl (C=O) groups is 2. The van der Waals surface area contributed by atoms with Crippen LogP contribution >= 0.6 is 22.6 Å². The number of benzene rings is 1. The van der Waals surface area contributed by atoms with Crippen LogP contribution in [-0.4, -0.2) is 29.7 Å². The topological polar surface area (TPSA) is 37.4 Å². The molecule has 1 heterocycles. The van der Waals surface area contributed by atoms with Crippen LogP contribution in [-0.2, 0) is 4.79 Å². The molecule has 0 saturated carbocycles. The van der Waals surface area contributed by atoms with E-state index in [1.807, 2.05) is 29.5 Å². The molecule has 2 rings (SSSR count). The Morgan fingerprint density at radius 3 is 2.83 bits per heavy atom. The summed E-state index contributed by atoms with van der Waals surface area (Å²) in [5.74, 6) is -0.384. The van der Waals surface area contributed by atoms with Crippen LogP contribution in [0, 0.1) is 15.3 Å². The molecule has 1 saturated heterocycles. The minimum Gasteiger partial charge on any atom is -0.337 e. The second-order valence-electron chi connectivity index (χ2n) is 4.49. The Morgan fingerprint density at radius 1 is 1.50 bits per heavy atom. The maximum absolute atomic E-state index is 13.0. The number of hydrogen-bond donors (Lipinski definition) is 0. The first kappa shape index (κ1) is 13.5. The van der Waals surface area contributed by atoms with E-state index < -0.39 is 0 Å². The van der Waals surface area contributed by atoms with Crippen molar-refractivity contribution in [2.24, 2.45) is 5.92 Å². The summed E-state index contributed by atoms with van der Waals surface area (Å²) in [6, 6.07) is 4.13. The second kappa shape index (κ2) is 5.34.